The molecule has 0 radical (unpaired) electrons. The van der Waals surface area contributed by atoms with Gasteiger partial charge in [-0.2, -0.15) is 13.2 Å². The van der Waals surface area contributed by atoms with E-state index >= 15 is 0 Å². The minimum atomic E-state index is -4.40. The summed E-state index contributed by atoms with van der Waals surface area (Å²) in [5, 5.41) is 10.4. The molecule has 1 saturated heterocycles. The number of rotatable bonds is 2. The second-order valence-electron chi connectivity index (χ2n) is 5.05. The van der Waals surface area contributed by atoms with Crippen molar-refractivity contribution in [1.82, 2.24) is 20.1 Å². The van der Waals surface area contributed by atoms with E-state index in [9.17, 15) is 18.0 Å². The maximum atomic E-state index is 12.5. The largest absolute Gasteiger partial charge is 0.417 e. The first-order chi connectivity index (χ1) is 11.4. The molecule has 128 valence electrons. The molecule has 2 aromatic rings. The maximum Gasteiger partial charge on any atom is 0.417 e. The number of anilines is 2. The molecule has 1 fully saturated rings. The van der Waals surface area contributed by atoms with Gasteiger partial charge in [0.2, 0.25) is 5.13 Å². The summed E-state index contributed by atoms with van der Waals surface area (Å²) >= 11 is 1.22. The number of amides is 2. The molecule has 7 nitrogen and oxygen atoms in total. The second kappa shape index (κ2) is 6.59. The monoisotopic (exact) mass is 358 g/mol. The molecule has 0 atom stereocenters. The van der Waals surface area contributed by atoms with E-state index < -0.39 is 11.7 Å². The fourth-order valence-corrected chi connectivity index (χ4v) is 2.71. The number of carbonyl (C=O) groups excluding carboxylic acids is 1. The van der Waals surface area contributed by atoms with Crippen LogP contribution in [0.2, 0.25) is 0 Å². The highest BCUT2D eigenvalue weighted by Gasteiger charge is 2.31. The van der Waals surface area contributed by atoms with Gasteiger partial charge in [-0.3, -0.25) is 5.32 Å². The van der Waals surface area contributed by atoms with Crippen LogP contribution in [0.3, 0.4) is 0 Å². The topological polar surface area (TPSA) is 74.2 Å². The first-order valence-corrected chi connectivity index (χ1v) is 7.92. The van der Waals surface area contributed by atoms with Crippen molar-refractivity contribution in [2.24, 2.45) is 0 Å². The molecule has 1 N–H and O–H groups in total. The summed E-state index contributed by atoms with van der Waals surface area (Å²) in [6.45, 7) is 1.85. The Morgan fingerprint density at radius 3 is 2.50 bits per heavy atom. The Labute approximate surface area is 139 Å². The number of halogens is 3. The SMILES string of the molecule is O=C(Nc1nncs1)N1CCN(c2ccc(C(F)(F)F)cn2)CC1. The van der Waals surface area contributed by atoms with Crippen LogP contribution in [0.4, 0.5) is 28.9 Å². The van der Waals surface area contributed by atoms with Crippen molar-refractivity contribution in [3.63, 3.8) is 0 Å². The third-order valence-electron chi connectivity index (χ3n) is 3.54. The Bertz CT molecular complexity index is 683. The molecule has 11 heteroatoms. The lowest BCUT2D eigenvalue weighted by atomic mass is 10.2. The van der Waals surface area contributed by atoms with Gasteiger partial charge in [0.15, 0.2) is 0 Å². The van der Waals surface area contributed by atoms with Crippen molar-refractivity contribution in [1.29, 1.82) is 0 Å². The number of carbonyl (C=O) groups is 1. The second-order valence-corrected chi connectivity index (χ2v) is 5.88. The van der Waals surface area contributed by atoms with Gasteiger partial charge in [0.05, 0.1) is 5.56 Å². The summed E-state index contributed by atoms with van der Waals surface area (Å²) in [7, 11) is 0. The third kappa shape index (κ3) is 3.72. The zero-order chi connectivity index (χ0) is 17.2. The lowest BCUT2D eigenvalue weighted by molar-refractivity contribution is -0.137. The Kier molecular flexibility index (Phi) is 4.51. The molecule has 24 heavy (non-hydrogen) atoms. The number of piperazine rings is 1. The number of hydrogen-bond acceptors (Lipinski definition) is 6. The molecule has 0 aliphatic carbocycles. The number of hydrogen-bond donors (Lipinski definition) is 1. The van der Waals surface area contributed by atoms with Crippen molar-refractivity contribution >= 4 is 28.3 Å². The van der Waals surface area contributed by atoms with Gasteiger partial charge in [-0.25, -0.2) is 9.78 Å². The predicted octanol–water partition coefficient (Wildman–Crippen LogP) is 2.31. The fraction of sp³-hybridized carbons (Fsp3) is 0.385. The fourth-order valence-electron chi connectivity index (χ4n) is 2.28. The van der Waals surface area contributed by atoms with Crippen LogP contribution in [-0.4, -0.2) is 52.3 Å². The number of aromatic nitrogens is 3. The molecule has 3 heterocycles. The number of pyridine rings is 1. The summed E-state index contributed by atoms with van der Waals surface area (Å²) in [6.07, 6.45) is -3.57. The highest BCUT2D eigenvalue weighted by atomic mass is 32.1. The molecule has 2 aromatic heterocycles. The minimum Gasteiger partial charge on any atom is -0.353 e. The van der Waals surface area contributed by atoms with Gasteiger partial charge in [-0.15, -0.1) is 10.2 Å². The number of alkyl halides is 3. The van der Waals surface area contributed by atoms with Crippen molar-refractivity contribution < 1.29 is 18.0 Å². The molecule has 0 spiro atoms. The minimum absolute atomic E-state index is 0.272. The normalized spacial score (nSPS) is 15.5. The van der Waals surface area contributed by atoms with E-state index in [1.165, 1.54) is 22.9 Å². The summed E-state index contributed by atoms with van der Waals surface area (Å²) in [6, 6.07) is 2.09. The van der Waals surface area contributed by atoms with E-state index in [1.807, 2.05) is 4.90 Å². The average molecular weight is 358 g/mol. The molecule has 1 aliphatic heterocycles. The van der Waals surface area contributed by atoms with Gasteiger partial charge in [0, 0.05) is 32.4 Å². The van der Waals surface area contributed by atoms with E-state index in [0.29, 0.717) is 37.1 Å². The quantitative estimate of drug-likeness (QED) is 0.892. The molecule has 0 aromatic carbocycles. The Balaban J connectivity index is 1.56. The summed E-state index contributed by atoms with van der Waals surface area (Å²) in [4.78, 5) is 19.4. The maximum absolute atomic E-state index is 12.5. The standard InChI is InChI=1S/C13H13F3N6OS/c14-13(15,16)9-1-2-10(17-7-9)21-3-5-22(6-4-21)12(23)19-11-20-18-8-24-11/h1-2,7-8H,3-6H2,(H,19,20,23). The van der Waals surface area contributed by atoms with E-state index in [4.69, 9.17) is 0 Å². The van der Waals surface area contributed by atoms with Gasteiger partial charge in [-0.05, 0) is 12.1 Å². The molecule has 0 bridgehead atoms. The average Bonchev–Trinajstić information content (AvgIpc) is 3.07. The van der Waals surface area contributed by atoms with Crippen LogP contribution in [0, 0.1) is 0 Å². The van der Waals surface area contributed by atoms with Crippen LogP contribution >= 0.6 is 11.3 Å². The Hall–Kier alpha value is -2.43. The van der Waals surface area contributed by atoms with E-state index in [-0.39, 0.29) is 6.03 Å². The molecule has 0 saturated carbocycles. The van der Waals surface area contributed by atoms with Crippen LogP contribution in [-0.2, 0) is 6.18 Å². The molecule has 3 rings (SSSR count). The first kappa shape index (κ1) is 16.4. The lowest BCUT2D eigenvalue weighted by Crippen LogP contribution is -2.50. The van der Waals surface area contributed by atoms with Gasteiger partial charge >= 0.3 is 12.2 Å². The Morgan fingerprint density at radius 1 is 1.21 bits per heavy atom. The highest BCUT2D eigenvalue weighted by molar-refractivity contribution is 7.13. The summed E-state index contributed by atoms with van der Waals surface area (Å²) < 4.78 is 37.6. The van der Waals surface area contributed by atoms with Crippen molar-refractivity contribution in [2.45, 2.75) is 6.18 Å². The van der Waals surface area contributed by atoms with E-state index in [0.717, 1.165) is 12.3 Å². The third-order valence-corrected chi connectivity index (χ3v) is 4.15. The van der Waals surface area contributed by atoms with Crippen molar-refractivity contribution in [3.05, 3.63) is 29.4 Å². The number of nitrogens with one attached hydrogen (secondary N) is 1. The predicted molar refractivity (Wildman–Crippen MR) is 82.0 cm³/mol. The van der Waals surface area contributed by atoms with E-state index in [1.54, 1.807) is 4.90 Å². The zero-order valence-electron chi connectivity index (χ0n) is 12.3. The zero-order valence-corrected chi connectivity index (χ0v) is 13.1. The Morgan fingerprint density at radius 2 is 1.96 bits per heavy atom. The summed E-state index contributed by atoms with van der Waals surface area (Å²) in [5.74, 6) is 0.465. The van der Waals surface area contributed by atoms with Gasteiger partial charge < -0.3 is 9.80 Å². The summed E-state index contributed by atoms with van der Waals surface area (Å²) in [5.41, 5.74) is 0.741. The highest BCUT2D eigenvalue weighted by Crippen LogP contribution is 2.29. The number of urea groups is 1. The number of nitrogens with zero attached hydrogens (tertiary/aromatic N) is 5. The van der Waals surface area contributed by atoms with Crippen LogP contribution in [0.5, 0.6) is 0 Å². The molecule has 1 aliphatic rings. The molecule has 0 unspecified atom stereocenters. The van der Waals surface area contributed by atoms with Crippen molar-refractivity contribution in [3.8, 4) is 0 Å². The van der Waals surface area contributed by atoms with Gasteiger partial charge in [-0.1, -0.05) is 11.3 Å². The van der Waals surface area contributed by atoms with Crippen LogP contribution in [0.25, 0.3) is 0 Å². The van der Waals surface area contributed by atoms with Crippen LogP contribution in [0.15, 0.2) is 23.8 Å². The van der Waals surface area contributed by atoms with Gasteiger partial charge in [0.25, 0.3) is 0 Å². The van der Waals surface area contributed by atoms with E-state index in [2.05, 4.69) is 20.5 Å². The van der Waals surface area contributed by atoms with Crippen LogP contribution < -0.4 is 10.2 Å². The first-order valence-electron chi connectivity index (χ1n) is 7.04. The van der Waals surface area contributed by atoms with Crippen LogP contribution in [0.1, 0.15) is 5.56 Å². The van der Waals surface area contributed by atoms with Crippen molar-refractivity contribution in [2.75, 3.05) is 36.4 Å². The van der Waals surface area contributed by atoms with Gasteiger partial charge in [0.1, 0.15) is 11.3 Å². The molecular weight excluding hydrogens is 345 g/mol. The molecular formula is C13H13F3N6OS. The lowest BCUT2D eigenvalue weighted by Gasteiger charge is -2.35. The smallest absolute Gasteiger partial charge is 0.353 e. The molecule has 2 amide bonds.